The highest BCUT2D eigenvalue weighted by molar-refractivity contribution is 8.15. The summed E-state index contributed by atoms with van der Waals surface area (Å²) < 4.78 is 5.01. The molecule has 0 aromatic heterocycles. The fraction of sp³-hybridized carbons (Fsp3) is 0.250. The van der Waals surface area contributed by atoms with E-state index in [1.54, 1.807) is 24.3 Å². The van der Waals surface area contributed by atoms with E-state index in [0.717, 1.165) is 17.3 Å². The highest BCUT2D eigenvalue weighted by Gasteiger charge is 2.29. The highest BCUT2D eigenvalue weighted by atomic mass is 32.2. The van der Waals surface area contributed by atoms with Crippen LogP contribution in [0.2, 0.25) is 0 Å². The first-order chi connectivity index (χ1) is 9.04. The molecule has 2 aliphatic rings. The number of nitrogens with one attached hydrogen (secondary N) is 1. The van der Waals surface area contributed by atoms with Gasteiger partial charge in [-0.1, -0.05) is 12.2 Å². The Labute approximate surface area is 113 Å². The van der Waals surface area contributed by atoms with Crippen molar-refractivity contribution in [3.8, 4) is 0 Å². The maximum atomic E-state index is 11.4. The number of thioether (sulfide) groups is 1. The Morgan fingerprint density at radius 2 is 2.32 bits per heavy atom. The molecule has 1 saturated heterocycles. The molecule has 7 heteroatoms. The summed E-state index contributed by atoms with van der Waals surface area (Å²) in [6.45, 7) is -0.384. The fourth-order valence-electron chi connectivity index (χ4n) is 1.59. The van der Waals surface area contributed by atoms with Crippen LogP contribution in [0.25, 0.3) is 0 Å². The quantitative estimate of drug-likeness (QED) is 0.804. The fourth-order valence-corrected chi connectivity index (χ4v) is 2.39. The van der Waals surface area contributed by atoms with E-state index in [4.69, 9.17) is 9.84 Å². The lowest BCUT2D eigenvalue weighted by Gasteiger charge is -2.10. The van der Waals surface area contributed by atoms with Gasteiger partial charge in [-0.25, -0.2) is 4.79 Å². The van der Waals surface area contributed by atoms with Gasteiger partial charge in [0.05, 0.1) is 0 Å². The Bertz CT molecular complexity index is 520. The summed E-state index contributed by atoms with van der Waals surface area (Å²) in [6, 6.07) is 0. The monoisotopic (exact) mass is 281 g/mol. The minimum Gasteiger partial charge on any atom is -0.482 e. The number of aliphatic carboxylic acids is 1. The van der Waals surface area contributed by atoms with Crippen LogP contribution in [0.15, 0.2) is 35.6 Å². The van der Waals surface area contributed by atoms with Gasteiger partial charge in [-0.3, -0.25) is 14.9 Å². The van der Waals surface area contributed by atoms with E-state index in [2.05, 4.69) is 5.32 Å². The molecular weight excluding hydrogens is 270 g/mol. The molecular formula is C12H11NO5S. The molecule has 6 nitrogen and oxygen atoms in total. The molecule has 1 aliphatic heterocycles. The molecule has 0 bridgehead atoms. The van der Waals surface area contributed by atoms with Gasteiger partial charge in [-0.2, -0.15) is 0 Å². The third-order valence-corrected chi connectivity index (χ3v) is 3.37. The lowest BCUT2D eigenvalue weighted by Crippen LogP contribution is -2.23. The zero-order chi connectivity index (χ0) is 13.8. The van der Waals surface area contributed by atoms with Crippen LogP contribution in [0.4, 0.5) is 4.79 Å². The van der Waals surface area contributed by atoms with Gasteiger partial charge in [0.25, 0.3) is 5.24 Å². The van der Waals surface area contributed by atoms with E-state index in [-0.39, 0.29) is 17.8 Å². The normalized spacial score (nSPS) is 24.3. The summed E-state index contributed by atoms with van der Waals surface area (Å²) in [6.07, 6.45) is 7.36. The molecule has 100 valence electrons. The van der Waals surface area contributed by atoms with Crippen molar-refractivity contribution in [1.29, 1.82) is 0 Å². The minimum absolute atomic E-state index is 0.312. The third-order valence-electron chi connectivity index (χ3n) is 2.45. The summed E-state index contributed by atoms with van der Waals surface area (Å²) in [7, 11) is 0. The summed E-state index contributed by atoms with van der Waals surface area (Å²) in [5, 5.41) is 9.84. The lowest BCUT2D eigenvalue weighted by molar-refractivity contribution is -0.140. The van der Waals surface area contributed by atoms with Gasteiger partial charge in [0.1, 0.15) is 11.0 Å². The maximum absolute atomic E-state index is 11.4. The van der Waals surface area contributed by atoms with Crippen molar-refractivity contribution in [2.24, 2.45) is 0 Å². The average molecular weight is 281 g/mol. The predicted octanol–water partition coefficient (Wildman–Crippen LogP) is 1.21. The van der Waals surface area contributed by atoms with Crippen molar-refractivity contribution in [2.45, 2.75) is 11.7 Å². The number of hydrogen-bond acceptors (Lipinski definition) is 5. The van der Waals surface area contributed by atoms with Crippen molar-refractivity contribution in [1.82, 2.24) is 5.32 Å². The summed E-state index contributed by atoms with van der Waals surface area (Å²) in [4.78, 5) is 32.7. The van der Waals surface area contributed by atoms with Crippen LogP contribution >= 0.6 is 11.8 Å². The number of carboxylic acids is 1. The molecule has 0 saturated carbocycles. The van der Waals surface area contributed by atoms with Crippen LogP contribution < -0.4 is 5.32 Å². The molecule has 2 N–H and O–H groups in total. The number of hydrogen-bond donors (Lipinski definition) is 2. The summed E-state index contributed by atoms with van der Waals surface area (Å²) in [5.74, 6) is -0.861. The van der Waals surface area contributed by atoms with Crippen molar-refractivity contribution < 1.29 is 24.2 Å². The molecule has 1 fully saturated rings. The van der Waals surface area contributed by atoms with E-state index >= 15 is 0 Å². The summed E-state index contributed by atoms with van der Waals surface area (Å²) >= 11 is 0.943. The number of imide groups is 1. The minimum atomic E-state index is -1.03. The zero-order valence-electron chi connectivity index (χ0n) is 9.79. The number of allylic oxidation sites excluding steroid dienone is 4. The van der Waals surface area contributed by atoms with Gasteiger partial charge in [-0.15, -0.1) is 0 Å². The smallest absolute Gasteiger partial charge is 0.341 e. The van der Waals surface area contributed by atoms with Gasteiger partial charge in [0, 0.05) is 0 Å². The van der Waals surface area contributed by atoms with E-state index in [1.807, 2.05) is 0 Å². The molecule has 2 amide bonds. The largest absolute Gasteiger partial charge is 0.482 e. The van der Waals surface area contributed by atoms with E-state index < -0.39 is 11.2 Å². The molecule has 0 aromatic carbocycles. The van der Waals surface area contributed by atoms with Gasteiger partial charge in [0.2, 0.25) is 5.91 Å². The second kappa shape index (κ2) is 5.75. The van der Waals surface area contributed by atoms with Crippen LogP contribution in [0.5, 0.6) is 0 Å². The average Bonchev–Trinajstić information content (AvgIpc) is 2.67. The number of amides is 2. The van der Waals surface area contributed by atoms with Gasteiger partial charge < -0.3 is 9.84 Å². The SMILES string of the molecule is O=C(O)COC1=CCC(=CC2SC(=O)NC2=O)C=C1. The van der Waals surface area contributed by atoms with Gasteiger partial charge >= 0.3 is 5.97 Å². The first kappa shape index (κ1) is 13.4. The van der Waals surface area contributed by atoms with Crippen LogP contribution in [0.1, 0.15) is 6.42 Å². The molecule has 1 heterocycles. The third kappa shape index (κ3) is 3.72. The first-order valence-corrected chi connectivity index (χ1v) is 6.37. The van der Waals surface area contributed by atoms with Crippen molar-refractivity contribution in [3.05, 3.63) is 35.6 Å². The Hall–Kier alpha value is -2.02. The first-order valence-electron chi connectivity index (χ1n) is 5.49. The molecule has 0 aromatic rings. The van der Waals surface area contributed by atoms with Crippen LogP contribution in [0.3, 0.4) is 0 Å². The van der Waals surface area contributed by atoms with Crippen molar-refractivity contribution in [2.75, 3.05) is 6.61 Å². The van der Waals surface area contributed by atoms with Crippen LogP contribution in [-0.2, 0) is 14.3 Å². The number of carbonyl (C=O) groups excluding carboxylic acids is 2. The zero-order valence-corrected chi connectivity index (χ0v) is 10.6. The maximum Gasteiger partial charge on any atom is 0.341 e. The van der Waals surface area contributed by atoms with E-state index in [1.165, 1.54) is 0 Å². The van der Waals surface area contributed by atoms with Crippen molar-refractivity contribution in [3.63, 3.8) is 0 Å². The Kier molecular flexibility index (Phi) is 4.06. The van der Waals surface area contributed by atoms with Gasteiger partial charge in [0.15, 0.2) is 6.61 Å². The molecule has 1 atom stereocenters. The molecule has 0 radical (unpaired) electrons. The number of rotatable bonds is 4. The van der Waals surface area contributed by atoms with Crippen LogP contribution in [-0.4, -0.2) is 34.1 Å². The highest BCUT2D eigenvalue weighted by Crippen LogP contribution is 2.24. The number of carbonyl (C=O) groups is 3. The molecule has 19 heavy (non-hydrogen) atoms. The second-order valence-electron chi connectivity index (χ2n) is 3.88. The van der Waals surface area contributed by atoms with Crippen molar-refractivity contribution >= 4 is 28.9 Å². The standard InChI is InChI=1S/C12H11NO5S/c14-10(15)6-18-8-3-1-7(2-4-8)5-9-11(16)13-12(17)19-9/h1,3-5,9H,2,6H2,(H,14,15)(H,13,16,17). The number of carboxylic acid groups (broad SMARTS) is 1. The van der Waals surface area contributed by atoms with E-state index in [9.17, 15) is 14.4 Å². The second-order valence-corrected chi connectivity index (χ2v) is 5.00. The lowest BCUT2D eigenvalue weighted by atomic mass is 10.1. The Balaban J connectivity index is 1.93. The Morgan fingerprint density at radius 1 is 1.53 bits per heavy atom. The van der Waals surface area contributed by atoms with Crippen LogP contribution in [0, 0.1) is 0 Å². The molecule has 2 rings (SSSR count). The molecule has 1 aliphatic carbocycles. The number of ether oxygens (including phenoxy) is 1. The molecule has 1 unspecified atom stereocenters. The van der Waals surface area contributed by atoms with E-state index in [0.29, 0.717) is 12.2 Å². The van der Waals surface area contributed by atoms with Gasteiger partial charge in [-0.05, 0) is 35.9 Å². The predicted molar refractivity (Wildman–Crippen MR) is 68.4 cm³/mol. The topological polar surface area (TPSA) is 92.7 Å². The molecule has 0 spiro atoms. The summed E-state index contributed by atoms with van der Waals surface area (Å²) in [5.41, 5.74) is 0.880. The Morgan fingerprint density at radius 3 is 2.84 bits per heavy atom.